The number of nitroso groups, excluding NO2 is 1. The van der Waals surface area contributed by atoms with Crippen LogP contribution >= 0.6 is 0 Å². The molecule has 142 valence electrons. The summed E-state index contributed by atoms with van der Waals surface area (Å²) in [6.07, 6.45) is 3.73. The van der Waals surface area contributed by atoms with Crippen molar-refractivity contribution in [3.05, 3.63) is 64.7 Å². The van der Waals surface area contributed by atoms with Crippen LogP contribution in [0.4, 0.5) is 5.82 Å². The molecule has 0 radical (unpaired) electrons. The molecule has 0 atom stereocenters. The van der Waals surface area contributed by atoms with E-state index >= 15 is 0 Å². The number of nitrogens with zero attached hydrogens (tertiary/aromatic N) is 2. The summed E-state index contributed by atoms with van der Waals surface area (Å²) in [5, 5.41) is 8.17. The lowest BCUT2D eigenvalue weighted by Crippen LogP contribution is -2.14. The summed E-state index contributed by atoms with van der Waals surface area (Å²) in [4.78, 5) is 27.5. The Morgan fingerprint density at radius 1 is 1.11 bits per heavy atom. The molecule has 1 heterocycles. The van der Waals surface area contributed by atoms with Crippen molar-refractivity contribution in [2.24, 2.45) is 11.1 Å². The highest BCUT2D eigenvalue weighted by Gasteiger charge is 2.29. The number of pyridine rings is 1. The summed E-state index contributed by atoms with van der Waals surface area (Å²) >= 11 is 0. The molecule has 2 aromatic carbocycles. The van der Waals surface area contributed by atoms with Crippen molar-refractivity contribution in [3.8, 4) is 11.1 Å². The van der Waals surface area contributed by atoms with E-state index in [1.165, 1.54) is 0 Å². The van der Waals surface area contributed by atoms with Gasteiger partial charge in [0.05, 0.1) is 0 Å². The van der Waals surface area contributed by atoms with Crippen molar-refractivity contribution in [1.29, 1.82) is 0 Å². The fourth-order valence-electron chi connectivity index (χ4n) is 3.32. The van der Waals surface area contributed by atoms with Crippen LogP contribution in [0.2, 0.25) is 0 Å². The van der Waals surface area contributed by atoms with Gasteiger partial charge in [0, 0.05) is 17.5 Å². The van der Waals surface area contributed by atoms with E-state index in [4.69, 9.17) is 0 Å². The van der Waals surface area contributed by atoms with Gasteiger partial charge in [0.1, 0.15) is 11.4 Å². The van der Waals surface area contributed by atoms with Crippen LogP contribution in [0.25, 0.3) is 21.9 Å². The van der Waals surface area contributed by atoms with Gasteiger partial charge in [-0.1, -0.05) is 29.4 Å². The number of benzene rings is 2. The van der Waals surface area contributed by atoms with Crippen LogP contribution < -0.4 is 5.32 Å². The van der Waals surface area contributed by atoms with E-state index in [0.29, 0.717) is 5.82 Å². The lowest BCUT2D eigenvalue weighted by molar-refractivity contribution is -0.117. The summed E-state index contributed by atoms with van der Waals surface area (Å²) in [5.41, 5.74) is 3.38. The van der Waals surface area contributed by atoms with E-state index in [0.717, 1.165) is 45.9 Å². The number of carbonyl (C=O) groups is 1. The van der Waals surface area contributed by atoms with E-state index in [1.807, 2.05) is 44.2 Å². The molecular formula is C23H23N3O2. The zero-order valence-electron chi connectivity index (χ0n) is 16.3. The Hall–Kier alpha value is -3.08. The molecule has 1 amide bonds. The Kier molecular flexibility index (Phi) is 4.46. The molecule has 1 N–H and O–H groups in total. The third kappa shape index (κ3) is 3.52. The van der Waals surface area contributed by atoms with Gasteiger partial charge in [0.2, 0.25) is 5.91 Å². The average molecular weight is 373 g/mol. The van der Waals surface area contributed by atoms with Crippen LogP contribution in [0.15, 0.2) is 53.8 Å². The Labute approximate surface area is 164 Å². The predicted molar refractivity (Wildman–Crippen MR) is 112 cm³/mol. The first-order valence-electron chi connectivity index (χ1n) is 9.54. The second-order valence-corrected chi connectivity index (χ2v) is 8.08. The smallest absolute Gasteiger partial charge is 0.228 e. The molecule has 1 saturated carbocycles. The highest BCUT2D eigenvalue weighted by atomic mass is 16.3. The standard InChI is InChI=1S/C23H23N3O2/c1-14-4-9-19(23(2,3)26-28)12-20(14)17-8-7-16-11-21(24-13-18(16)10-17)25-22(27)15-5-6-15/h4,7-13,15H,5-6H2,1-3H3,(H,24,25,27). The van der Waals surface area contributed by atoms with Gasteiger partial charge in [-0.15, -0.1) is 4.91 Å². The molecule has 5 nitrogen and oxygen atoms in total. The Balaban J connectivity index is 1.69. The molecule has 1 aliphatic carbocycles. The van der Waals surface area contributed by atoms with E-state index in [9.17, 15) is 9.70 Å². The van der Waals surface area contributed by atoms with Gasteiger partial charge in [-0.05, 0) is 79.5 Å². The van der Waals surface area contributed by atoms with Gasteiger partial charge >= 0.3 is 0 Å². The number of rotatable bonds is 5. The summed E-state index contributed by atoms with van der Waals surface area (Å²) in [7, 11) is 0. The summed E-state index contributed by atoms with van der Waals surface area (Å²) in [5.74, 6) is 0.802. The maximum absolute atomic E-state index is 11.9. The fraction of sp³-hybridized carbons (Fsp3) is 0.304. The van der Waals surface area contributed by atoms with Crippen LogP contribution in [0.1, 0.15) is 37.8 Å². The molecule has 0 aliphatic heterocycles. The third-order valence-corrected chi connectivity index (χ3v) is 5.40. The first-order valence-corrected chi connectivity index (χ1v) is 9.54. The van der Waals surface area contributed by atoms with Crippen LogP contribution in [0, 0.1) is 17.7 Å². The molecule has 28 heavy (non-hydrogen) atoms. The Bertz CT molecular complexity index is 1080. The largest absolute Gasteiger partial charge is 0.310 e. The minimum absolute atomic E-state index is 0.0577. The SMILES string of the molecule is Cc1ccc(C(C)(C)N=O)cc1-c1ccc2cc(NC(=O)C3CC3)ncc2c1. The van der Waals surface area contributed by atoms with E-state index in [-0.39, 0.29) is 11.8 Å². The maximum atomic E-state index is 11.9. The normalized spacial score (nSPS) is 14.1. The average Bonchev–Trinajstić information content (AvgIpc) is 3.53. The molecule has 0 saturated heterocycles. The molecule has 0 spiro atoms. The van der Waals surface area contributed by atoms with Gasteiger partial charge < -0.3 is 5.32 Å². The molecule has 1 aromatic heterocycles. The van der Waals surface area contributed by atoms with Crippen molar-refractivity contribution >= 4 is 22.5 Å². The molecule has 4 rings (SSSR count). The molecule has 5 heteroatoms. The molecule has 1 aliphatic rings. The number of hydrogen-bond acceptors (Lipinski definition) is 4. The lowest BCUT2D eigenvalue weighted by Gasteiger charge is -2.18. The van der Waals surface area contributed by atoms with Crippen molar-refractivity contribution in [1.82, 2.24) is 4.98 Å². The molecule has 0 unspecified atom stereocenters. The Morgan fingerprint density at radius 3 is 2.61 bits per heavy atom. The summed E-state index contributed by atoms with van der Waals surface area (Å²) in [6.45, 7) is 5.69. The van der Waals surface area contributed by atoms with Gasteiger partial charge in [-0.3, -0.25) is 4.79 Å². The van der Waals surface area contributed by atoms with E-state index in [1.54, 1.807) is 6.20 Å². The van der Waals surface area contributed by atoms with Gasteiger partial charge in [0.25, 0.3) is 0 Å². The first-order chi connectivity index (χ1) is 13.4. The molecule has 1 fully saturated rings. The second kappa shape index (κ2) is 6.82. The Morgan fingerprint density at radius 2 is 1.89 bits per heavy atom. The van der Waals surface area contributed by atoms with Crippen molar-refractivity contribution < 1.29 is 4.79 Å². The number of aryl methyl sites for hydroxylation is 1. The zero-order valence-corrected chi connectivity index (χ0v) is 16.3. The minimum Gasteiger partial charge on any atom is -0.310 e. The van der Waals surface area contributed by atoms with E-state index in [2.05, 4.69) is 34.5 Å². The number of amides is 1. The number of aromatic nitrogens is 1. The number of fused-ring (bicyclic) bond motifs is 1. The maximum Gasteiger partial charge on any atom is 0.228 e. The van der Waals surface area contributed by atoms with Crippen LogP contribution in [-0.4, -0.2) is 10.9 Å². The number of anilines is 1. The van der Waals surface area contributed by atoms with Crippen LogP contribution in [-0.2, 0) is 10.3 Å². The molecular weight excluding hydrogens is 350 g/mol. The first kappa shape index (κ1) is 18.3. The second-order valence-electron chi connectivity index (χ2n) is 8.08. The highest BCUT2D eigenvalue weighted by molar-refractivity contribution is 5.96. The predicted octanol–water partition coefficient (Wildman–Crippen LogP) is 5.56. The molecule has 0 bridgehead atoms. The van der Waals surface area contributed by atoms with Gasteiger partial charge in [-0.25, -0.2) is 4.98 Å². The number of hydrogen-bond donors (Lipinski definition) is 1. The zero-order chi connectivity index (χ0) is 19.9. The monoisotopic (exact) mass is 373 g/mol. The number of nitrogens with one attached hydrogen (secondary N) is 1. The lowest BCUT2D eigenvalue weighted by atomic mass is 9.89. The van der Waals surface area contributed by atoms with Crippen LogP contribution in [0.5, 0.6) is 0 Å². The number of carbonyl (C=O) groups excluding carboxylic acids is 1. The quantitative estimate of drug-likeness (QED) is 0.595. The van der Waals surface area contributed by atoms with Crippen molar-refractivity contribution in [2.45, 2.75) is 39.2 Å². The van der Waals surface area contributed by atoms with Gasteiger partial charge in [0.15, 0.2) is 0 Å². The summed E-state index contributed by atoms with van der Waals surface area (Å²) in [6, 6.07) is 14.1. The summed E-state index contributed by atoms with van der Waals surface area (Å²) < 4.78 is 0. The fourth-order valence-corrected chi connectivity index (χ4v) is 3.32. The topological polar surface area (TPSA) is 71.4 Å². The van der Waals surface area contributed by atoms with Crippen molar-refractivity contribution in [3.63, 3.8) is 0 Å². The minimum atomic E-state index is -0.768. The third-order valence-electron chi connectivity index (χ3n) is 5.40. The van der Waals surface area contributed by atoms with Crippen molar-refractivity contribution in [2.75, 3.05) is 5.32 Å². The highest BCUT2D eigenvalue weighted by Crippen LogP contribution is 2.33. The van der Waals surface area contributed by atoms with Crippen LogP contribution in [0.3, 0.4) is 0 Å². The van der Waals surface area contributed by atoms with Gasteiger partial charge in [-0.2, -0.15) is 0 Å². The molecule has 3 aromatic rings. The van der Waals surface area contributed by atoms with E-state index < -0.39 is 5.54 Å².